The number of aromatic nitrogens is 3. The molecule has 0 aliphatic heterocycles. The highest BCUT2D eigenvalue weighted by atomic mass is 19.4. The van der Waals surface area contributed by atoms with Crippen molar-refractivity contribution in [1.29, 1.82) is 0 Å². The molecule has 0 radical (unpaired) electrons. The number of rotatable bonds is 5. The van der Waals surface area contributed by atoms with Gasteiger partial charge in [0.2, 0.25) is 0 Å². The lowest BCUT2D eigenvalue weighted by atomic mass is 9.91. The molecule has 0 atom stereocenters. The van der Waals surface area contributed by atoms with Gasteiger partial charge in [0.05, 0.1) is 23.5 Å². The van der Waals surface area contributed by atoms with Crippen molar-refractivity contribution in [2.45, 2.75) is 50.4 Å². The number of alkyl halides is 3. The minimum absolute atomic E-state index is 0.00657. The molecule has 168 valence electrons. The van der Waals surface area contributed by atoms with Crippen LogP contribution in [-0.4, -0.2) is 38.9 Å². The Kier molecular flexibility index (Phi) is 6.27. The number of nitrogens with one attached hydrogen (secondary N) is 1. The predicted octanol–water partition coefficient (Wildman–Crippen LogP) is 4.04. The van der Waals surface area contributed by atoms with E-state index < -0.39 is 12.6 Å². The van der Waals surface area contributed by atoms with Crippen LogP contribution in [0.5, 0.6) is 0 Å². The van der Waals surface area contributed by atoms with Gasteiger partial charge in [0.1, 0.15) is 0 Å². The normalized spacial score (nSPS) is 19.0. The van der Waals surface area contributed by atoms with E-state index in [-0.39, 0.29) is 23.7 Å². The van der Waals surface area contributed by atoms with Crippen LogP contribution in [0, 0.1) is 0 Å². The topological polar surface area (TPSA) is 85.8 Å². The Hall–Kier alpha value is -3.20. The molecule has 1 saturated carbocycles. The van der Waals surface area contributed by atoms with E-state index in [9.17, 15) is 18.0 Å². The fourth-order valence-corrected chi connectivity index (χ4v) is 3.92. The summed E-state index contributed by atoms with van der Waals surface area (Å²) in [5, 5.41) is 7.38. The maximum atomic E-state index is 13.2. The van der Waals surface area contributed by atoms with Crippen LogP contribution in [0.4, 0.5) is 13.2 Å². The minimum atomic E-state index is -4.38. The van der Waals surface area contributed by atoms with Crippen molar-refractivity contribution in [3.05, 3.63) is 66.1 Å². The lowest BCUT2D eigenvalue weighted by Crippen LogP contribution is -2.40. The molecule has 0 spiro atoms. The molecule has 3 N–H and O–H groups in total. The first-order chi connectivity index (χ1) is 15.3. The predicted molar refractivity (Wildman–Crippen MR) is 114 cm³/mol. The number of benzene rings is 1. The summed E-state index contributed by atoms with van der Waals surface area (Å²) in [7, 11) is 0. The minimum Gasteiger partial charge on any atom is -0.349 e. The van der Waals surface area contributed by atoms with Crippen molar-refractivity contribution in [1.82, 2.24) is 20.1 Å². The van der Waals surface area contributed by atoms with Gasteiger partial charge in [-0.1, -0.05) is 0 Å². The van der Waals surface area contributed by atoms with E-state index in [4.69, 9.17) is 5.73 Å². The second-order valence-electron chi connectivity index (χ2n) is 8.10. The first-order valence-corrected chi connectivity index (χ1v) is 10.5. The van der Waals surface area contributed by atoms with E-state index in [0.717, 1.165) is 25.7 Å². The van der Waals surface area contributed by atoms with E-state index in [1.54, 1.807) is 48.8 Å². The molecule has 32 heavy (non-hydrogen) atoms. The van der Waals surface area contributed by atoms with Gasteiger partial charge in [-0.25, -0.2) is 4.68 Å². The van der Waals surface area contributed by atoms with Gasteiger partial charge in [-0.05, 0) is 68.1 Å². The Morgan fingerprint density at radius 3 is 2.47 bits per heavy atom. The highest BCUT2D eigenvalue weighted by Gasteiger charge is 2.30. The molecule has 6 nitrogen and oxygen atoms in total. The first-order valence-electron chi connectivity index (χ1n) is 10.5. The molecule has 2 aromatic heterocycles. The fraction of sp³-hybridized carbons (Fsp3) is 0.348. The van der Waals surface area contributed by atoms with Crippen molar-refractivity contribution < 1.29 is 18.0 Å². The number of carbonyl (C=O) groups is 1. The summed E-state index contributed by atoms with van der Waals surface area (Å²) in [5.74, 6) is -0.205. The van der Waals surface area contributed by atoms with Crippen molar-refractivity contribution in [3.63, 3.8) is 0 Å². The third-order valence-corrected chi connectivity index (χ3v) is 5.60. The summed E-state index contributed by atoms with van der Waals surface area (Å²) < 4.78 is 40.7. The zero-order valence-electron chi connectivity index (χ0n) is 17.3. The van der Waals surface area contributed by atoms with Crippen LogP contribution >= 0.6 is 0 Å². The van der Waals surface area contributed by atoms with Crippen molar-refractivity contribution in [2.24, 2.45) is 5.73 Å². The first kappa shape index (κ1) is 22.0. The second kappa shape index (κ2) is 9.12. The third kappa shape index (κ3) is 5.34. The van der Waals surface area contributed by atoms with Crippen LogP contribution in [0.2, 0.25) is 0 Å². The average molecular weight is 443 g/mol. The lowest BCUT2D eigenvalue weighted by Gasteiger charge is -2.26. The maximum absolute atomic E-state index is 13.2. The number of amides is 1. The van der Waals surface area contributed by atoms with Crippen LogP contribution in [0.15, 0.2) is 54.9 Å². The van der Waals surface area contributed by atoms with Gasteiger partial charge in [-0.15, -0.1) is 0 Å². The smallest absolute Gasteiger partial charge is 0.349 e. The van der Waals surface area contributed by atoms with Gasteiger partial charge < -0.3 is 11.1 Å². The number of carbonyl (C=O) groups excluding carboxylic acids is 1. The largest absolute Gasteiger partial charge is 0.394 e. The number of nitrogens with two attached hydrogens (primary N) is 1. The van der Waals surface area contributed by atoms with E-state index in [2.05, 4.69) is 15.4 Å². The van der Waals surface area contributed by atoms with Gasteiger partial charge >= 0.3 is 6.18 Å². The van der Waals surface area contributed by atoms with Crippen molar-refractivity contribution in [3.8, 4) is 16.9 Å². The molecule has 1 aliphatic carbocycles. The molecular formula is C23H24F3N5O. The number of nitrogens with zero attached hydrogens (tertiary/aromatic N) is 3. The van der Waals surface area contributed by atoms with E-state index in [1.807, 2.05) is 0 Å². The van der Waals surface area contributed by atoms with E-state index in [0.29, 0.717) is 22.5 Å². The van der Waals surface area contributed by atoms with Crippen LogP contribution in [0.25, 0.3) is 16.9 Å². The van der Waals surface area contributed by atoms with Crippen LogP contribution in [0.3, 0.4) is 0 Å². The molecule has 1 amide bonds. The van der Waals surface area contributed by atoms with Gasteiger partial charge in [0, 0.05) is 35.6 Å². The Morgan fingerprint density at radius 1 is 1.12 bits per heavy atom. The van der Waals surface area contributed by atoms with Crippen LogP contribution < -0.4 is 11.1 Å². The fourth-order valence-electron chi connectivity index (χ4n) is 3.92. The van der Waals surface area contributed by atoms with Crippen molar-refractivity contribution in [2.75, 3.05) is 0 Å². The number of hydrogen-bond donors (Lipinski definition) is 2. The quantitative estimate of drug-likeness (QED) is 0.623. The Bertz CT molecular complexity index is 1060. The second-order valence-corrected chi connectivity index (χ2v) is 8.10. The molecule has 0 saturated heterocycles. The zero-order chi connectivity index (χ0) is 22.7. The Labute approximate surface area is 183 Å². The highest BCUT2D eigenvalue weighted by Crippen LogP contribution is 2.27. The molecule has 0 bridgehead atoms. The molecule has 1 aromatic carbocycles. The zero-order valence-corrected chi connectivity index (χ0v) is 17.3. The molecule has 2 heterocycles. The van der Waals surface area contributed by atoms with Crippen LogP contribution in [-0.2, 0) is 6.42 Å². The summed E-state index contributed by atoms with van der Waals surface area (Å²) in [6.45, 7) is 0. The molecular weight excluding hydrogens is 419 g/mol. The molecule has 1 fully saturated rings. The van der Waals surface area contributed by atoms with Gasteiger partial charge in [-0.2, -0.15) is 18.3 Å². The summed E-state index contributed by atoms with van der Waals surface area (Å²) in [4.78, 5) is 16.6. The lowest BCUT2D eigenvalue weighted by molar-refractivity contribution is -0.128. The molecule has 9 heteroatoms. The monoisotopic (exact) mass is 443 g/mol. The molecule has 1 aliphatic rings. The van der Waals surface area contributed by atoms with E-state index in [1.165, 1.54) is 10.7 Å². The van der Waals surface area contributed by atoms with E-state index >= 15 is 0 Å². The summed E-state index contributed by atoms with van der Waals surface area (Å²) >= 11 is 0. The molecule has 0 unspecified atom stereocenters. The molecule has 4 rings (SSSR count). The number of halogens is 3. The third-order valence-electron chi connectivity index (χ3n) is 5.60. The SMILES string of the molecule is NC1CCC(NC(=O)c2ccc(-n3nc(-c4cccnc4)cc3CC(F)(F)F)cc2)CC1. The number of pyridine rings is 1. The Balaban J connectivity index is 1.56. The average Bonchev–Trinajstić information content (AvgIpc) is 3.18. The van der Waals surface area contributed by atoms with Crippen LogP contribution in [0.1, 0.15) is 41.7 Å². The van der Waals surface area contributed by atoms with Gasteiger partial charge in [-0.3, -0.25) is 9.78 Å². The molecule has 3 aromatic rings. The maximum Gasteiger partial charge on any atom is 0.394 e. The van der Waals surface area contributed by atoms with Gasteiger partial charge in [0.25, 0.3) is 5.91 Å². The van der Waals surface area contributed by atoms with Crippen molar-refractivity contribution >= 4 is 5.91 Å². The van der Waals surface area contributed by atoms with Gasteiger partial charge in [0.15, 0.2) is 0 Å². The summed E-state index contributed by atoms with van der Waals surface area (Å²) in [6, 6.07) is 11.5. The summed E-state index contributed by atoms with van der Waals surface area (Å²) in [6.07, 6.45) is 1.08. The Morgan fingerprint density at radius 2 is 1.84 bits per heavy atom. The summed E-state index contributed by atoms with van der Waals surface area (Å²) in [5.41, 5.74) is 7.82. The standard InChI is InChI=1S/C23H24F3N5O/c24-23(25,26)13-20-12-21(16-2-1-11-28-14-16)30-31(20)19-9-3-15(4-10-19)22(32)29-18-7-5-17(27)6-8-18/h1-4,9-12,14,17-18H,5-8,13,27H2,(H,29,32). The number of hydrogen-bond acceptors (Lipinski definition) is 4. The highest BCUT2D eigenvalue weighted by molar-refractivity contribution is 5.94.